The SMILES string of the molecule is CCCCCCCCCCCCCCCCCCCCCCCC1(S(=O)(=O)O)Nc2ccccc2N1. The van der Waals surface area contributed by atoms with Crippen molar-refractivity contribution in [2.45, 2.75) is 153 Å². The standard InChI is InChI=1S/C30H54N2O3S/c1-2-3-4-5-6-7-8-9-10-11-12-13-14-15-16-17-18-19-20-21-24-27-30(36(33,34)35)31-28-25-22-23-26-29(28)32-30/h22-23,25-26,31-32H,2-21,24,27H2,1H3,(H,33,34,35). The number of rotatable bonds is 23. The number of anilines is 2. The molecule has 0 atom stereocenters. The Balaban J connectivity index is 1.36. The molecule has 36 heavy (non-hydrogen) atoms. The van der Waals surface area contributed by atoms with Gasteiger partial charge in [-0.15, -0.1) is 0 Å². The van der Waals surface area contributed by atoms with Gasteiger partial charge in [0, 0.05) is 6.42 Å². The van der Waals surface area contributed by atoms with E-state index in [2.05, 4.69) is 17.6 Å². The van der Waals surface area contributed by atoms with Crippen LogP contribution in [0.5, 0.6) is 0 Å². The summed E-state index contributed by atoms with van der Waals surface area (Å²) in [4.78, 5) is -1.50. The van der Waals surface area contributed by atoms with E-state index >= 15 is 0 Å². The Bertz CT molecular complexity index is 772. The minimum atomic E-state index is -4.28. The van der Waals surface area contributed by atoms with Crippen LogP contribution in [0.15, 0.2) is 24.3 Å². The van der Waals surface area contributed by atoms with Gasteiger partial charge in [0.1, 0.15) is 0 Å². The van der Waals surface area contributed by atoms with Crippen LogP contribution in [0.1, 0.15) is 148 Å². The highest BCUT2D eigenvalue weighted by molar-refractivity contribution is 7.87. The fourth-order valence-electron chi connectivity index (χ4n) is 5.36. The minimum Gasteiger partial charge on any atom is -0.347 e. The molecule has 1 aliphatic heterocycles. The van der Waals surface area contributed by atoms with Crippen molar-refractivity contribution in [2.75, 3.05) is 10.6 Å². The molecule has 1 aliphatic rings. The summed E-state index contributed by atoms with van der Waals surface area (Å²) in [6.07, 6.45) is 28.1. The first-order valence-corrected chi connectivity index (χ1v) is 16.5. The molecule has 0 spiro atoms. The summed E-state index contributed by atoms with van der Waals surface area (Å²) in [5, 5.41) is 6.00. The van der Waals surface area contributed by atoms with Crippen LogP contribution < -0.4 is 10.6 Å². The smallest absolute Gasteiger partial charge is 0.308 e. The van der Waals surface area contributed by atoms with Gasteiger partial charge in [0.05, 0.1) is 11.4 Å². The van der Waals surface area contributed by atoms with Crippen LogP contribution in [0, 0.1) is 0 Å². The van der Waals surface area contributed by atoms with E-state index in [1.54, 1.807) is 0 Å². The number of hydrogen-bond acceptors (Lipinski definition) is 4. The normalized spacial score (nSPS) is 14.4. The number of hydrogen-bond donors (Lipinski definition) is 3. The lowest BCUT2D eigenvalue weighted by Gasteiger charge is -2.27. The Morgan fingerprint density at radius 1 is 0.583 bits per heavy atom. The number of para-hydroxylation sites is 2. The molecule has 1 aromatic carbocycles. The van der Waals surface area contributed by atoms with Gasteiger partial charge < -0.3 is 10.6 Å². The Labute approximate surface area is 222 Å². The van der Waals surface area contributed by atoms with Gasteiger partial charge in [0.2, 0.25) is 4.99 Å². The second kappa shape index (κ2) is 18.1. The van der Waals surface area contributed by atoms with E-state index in [1.165, 1.54) is 116 Å². The van der Waals surface area contributed by atoms with Gasteiger partial charge in [-0.2, -0.15) is 8.42 Å². The predicted octanol–water partition coefficient (Wildman–Crippen LogP) is 9.67. The number of nitrogens with one attached hydrogen (secondary N) is 2. The maximum absolute atomic E-state index is 12.1. The maximum Gasteiger partial charge on any atom is 0.308 e. The maximum atomic E-state index is 12.1. The monoisotopic (exact) mass is 522 g/mol. The zero-order valence-corrected chi connectivity index (χ0v) is 23.9. The predicted molar refractivity (Wildman–Crippen MR) is 155 cm³/mol. The van der Waals surface area contributed by atoms with Crippen LogP contribution in [0.25, 0.3) is 0 Å². The first kappa shape index (κ1) is 31.0. The summed E-state index contributed by atoms with van der Waals surface area (Å²) in [5.74, 6) is 0. The van der Waals surface area contributed by atoms with Crippen molar-refractivity contribution in [3.05, 3.63) is 24.3 Å². The second-order valence-corrected chi connectivity index (χ2v) is 12.6. The molecule has 208 valence electrons. The third-order valence-electron chi connectivity index (χ3n) is 7.67. The molecule has 0 aromatic heterocycles. The van der Waals surface area contributed by atoms with Crippen molar-refractivity contribution in [2.24, 2.45) is 0 Å². The summed E-state index contributed by atoms with van der Waals surface area (Å²) in [6.45, 7) is 2.28. The fraction of sp³-hybridized carbons (Fsp3) is 0.800. The van der Waals surface area contributed by atoms with Crippen LogP contribution in [0.4, 0.5) is 11.4 Å². The molecule has 0 saturated carbocycles. The third-order valence-corrected chi connectivity index (χ3v) is 8.96. The van der Waals surface area contributed by atoms with E-state index in [-0.39, 0.29) is 0 Å². The van der Waals surface area contributed by atoms with Gasteiger partial charge in [-0.25, -0.2) is 0 Å². The minimum absolute atomic E-state index is 0.347. The zero-order chi connectivity index (χ0) is 26.0. The van der Waals surface area contributed by atoms with Gasteiger partial charge in [-0.1, -0.05) is 147 Å². The topological polar surface area (TPSA) is 78.4 Å². The van der Waals surface area contributed by atoms with Crippen molar-refractivity contribution in [3.8, 4) is 0 Å². The number of benzene rings is 1. The van der Waals surface area contributed by atoms with Gasteiger partial charge >= 0.3 is 10.1 Å². The quantitative estimate of drug-likeness (QED) is 0.0984. The average molecular weight is 523 g/mol. The highest BCUT2D eigenvalue weighted by Gasteiger charge is 2.46. The van der Waals surface area contributed by atoms with Crippen LogP contribution in [-0.2, 0) is 10.1 Å². The second-order valence-electron chi connectivity index (χ2n) is 10.9. The lowest BCUT2D eigenvalue weighted by Crippen LogP contribution is -2.49. The summed E-state index contributed by atoms with van der Waals surface area (Å²) in [5.41, 5.74) is 1.44. The summed E-state index contributed by atoms with van der Waals surface area (Å²) >= 11 is 0. The molecule has 0 aliphatic carbocycles. The molecular weight excluding hydrogens is 468 g/mol. The largest absolute Gasteiger partial charge is 0.347 e. The molecule has 0 fully saturated rings. The van der Waals surface area contributed by atoms with E-state index in [9.17, 15) is 13.0 Å². The van der Waals surface area contributed by atoms with Crippen LogP contribution in [-0.4, -0.2) is 18.0 Å². The fourth-order valence-corrected chi connectivity index (χ4v) is 6.24. The van der Waals surface area contributed by atoms with Crippen LogP contribution in [0.3, 0.4) is 0 Å². The van der Waals surface area contributed by atoms with E-state index in [4.69, 9.17) is 0 Å². The lowest BCUT2D eigenvalue weighted by molar-refractivity contribution is 0.434. The van der Waals surface area contributed by atoms with E-state index < -0.39 is 15.1 Å². The molecule has 0 amide bonds. The summed E-state index contributed by atoms with van der Waals surface area (Å²) < 4.78 is 34.0. The number of unbranched alkanes of at least 4 members (excludes halogenated alkanes) is 20. The molecule has 3 N–H and O–H groups in total. The molecule has 1 aromatic rings. The Morgan fingerprint density at radius 2 is 0.889 bits per heavy atom. The molecule has 0 bridgehead atoms. The van der Waals surface area contributed by atoms with Crippen LogP contribution in [0.2, 0.25) is 0 Å². The average Bonchev–Trinajstić information content (AvgIpc) is 3.25. The van der Waals surface area contributed by atoms with Crippen molar-refractivity contribution in [1.29, 1.82) is 0 Å². The molecule has 1 heterocycles. The molecular formula is C30H54N2O3S. The summed E-state index contributed by atoms with van der Waals surface area (Å²) in [6, 6.07) is 7.36. The molecule has 6 heteroatoms. The van der Waals surface area contributed by atoms with Gasteiger partial charge in [-0.05, 0) is 18.6 Å². The molecule has 0 radical (unpaired) electrons. The molecule has 2 rings (SSSR count). The molecule has 0 unspecified atom stereocenters. The van der Waals surface area contributed by atoms with Crippen molar-refractivity contribution < 1.29 is 13.0 Å². The lowest BCUT2D eigenvalue weighted by atomic mass is 10.0. The first-order chi connectivity index (χ1) is 17.5. The highest BCUT2D eigenvalue weighted by Crippen LogP contribution is 2.38. The van der Waals surface area contributed by atoms with Gasteiger partial charge in [-0.3, -0.25) is 4.55 Å². The van der Waals surface area contributed by atoms with E-state index in [0.29, 0.717) is 6.42 Å². The van der Waals surface area contributed by atoms with E-state index in [1.807, 2.05) is 24.3 Å². The molecule has 5 nitrogen and oxygen atoms in total. The molecule has 0 saturated heterocycles. The number of fused-ring (bicyclic) bond motifs is 1. The highest BCUT2D eigenvalue weighted by atomic mass is 32.2. The summed E-state index contributed by atoms with van der Waals surface area (Å²) in [7, 11) is -4.28. The third kappa shape index (κ3) is 11.9. The first-order valence-electron chi connectivity index (χ1n) is 15.1. The van der Waals surface area contributed by atoms with Crippen LogP contribution >= 0.6 is 0 Å². The Morgan fingerprint density at radius 3 is 1.19 bits per heavy atom. The Kier molecular flexibility index (Phi) is 15.5. The van der Waals surface area contributed by atoms with Crippen molar-refractivity contribution in [3.63, 3.8) is 0 Å². The Hall–Kier alpha value is -1.27. The van der Waals surface area contributed by atoms with Crippen molar-refractivity contribution in [1.82, 2.24) is 0 Å². The zero-order valence-electron chi connectivity index (χ0n) is 23.0. The van der Waals surface area contributed by atoms with Gasteiger partial charge in [0.25, 0.3) is 0 Å². The van der Waals surface area contributed by atoms with Crippen molar-refractivity contribution >= 4 is 21.5 Å². The van der Waals surface area contributed by atoms with E-state index in [0.717, 1.165) is 30.6 Å². The van der Waals surface area contributed by atoms with Gasteiger partial charge in [0.15, 0.2) is 0 Å².